The van der Waals surface area contributed by atoms with Gasteiger partial charge in [-0.15, -0.1) is 0 Å². The summed E-state index contributed by atoms with van der Waals surface area (Å²) in [5, 5.41) is 0. The molecule has 0 aliphatic heterocycles. The van der Waals surface area contributed by atoms with Crippen molar-refractivity contribution in [2.24, 2.45) is 0 Å². The third kappa shape index (κ3) is 1.80. The largest absolute Gasteiger partial charge is 0.457 e. The van der Waals surface area contributed by atoms with Crippen molar-refractivity contribution >= 4 is 5.97 Å². The van der Waals surface area contributed by atoms with Crippen LogP contribution in [-0.2, 0) is 0 Å². The van der Waals surface area contributed by atoms with Crippen LogP contribution in [0, 0.1) is 0 Å². The second kappa shape index (κ2) is 3.74. The normalized spacial score (nSPS) is 9.71. The quantitative estimate of drug-likeness (QED) is 0.677. The molecule has 14 heavy (non-hydrogen) atoms. The zero-order valence-electron chi connectivity index (χ0n) is 7.21. The maximum Gasteiger partial charge on any atom is 0.379 e. The van der Waals surface area contributed by atoms with Gasteiger partial charge in [-0.2, -0.15) is 0 Å². The van der Waals surface area contributed by atoms with Crippen molar-refractivity contribution in [3.05, 3.63) is 48.7 Å². The lowest BCUT2D eigenvalue weighted by Gasteiger charge is -1.99. The van der Waals surface area contributed by atoms with Gasteiger partial charge in [0.15, 0.2) is 0 Å². The van der Waals surface area contributed by atoms with Crippen molar-refractivity contribution in [1.29, 1.82) is 0 Å². The van der Waals surface area contributed by atoms with Gasteiger partial charge in [-0.25, -0.2) is 4.79 Å². The lowest BCUT2D eigenvalue weighted by Crippen LogP contribution is -2.06. The van der Waals surface area contributed by atoms with Crippen LogP contribution in [0.2, 0.25) is 0 Å². The van der Waals surface area contributed by atoms with Gasteiger partial charge in [0.2, 0.25) is 5.76 Å². The second-order valence-corrected chi connectivity index (χ2v) is 2.55. The van der Waals surface area contributed by atoms with E-state index in [0.717, 1.165) is 0 Å². The van der Waals surface area contributed by atoms with E-state index in [1.807, 2.05) is 0 Å². The first-order chi connectivity index (χ1) is 6.86. The Balaban J connectivity index is 2.10. The van der Waals surface area contributed by atoms with Gasteiger partial charge in [0, 0.05) is 12.4 Å². The van der Waals surface area contributed by atoms with Gasteiger partial charge < -0.3 is 9.15 Å². The van der Waals surface area contributed by atoms with Crippen molar-refractivity contribution in [3.63, 3.8) is 0 Å². The van der Waals surface area contributed by atoms with E-state index in [2.05, 4.69) is 4.98 Å². The van der Waals surface area contributed by atoms with Crippen molar-refractivity contribution in [2.75, 3.05) is 0 Å². The number of aromatic nitrogens is 1. The highest BCUT2D eigenvalue weighted by molar-refractivity contribution is 5.87. The molecule has 0 radical (unpaired) electrons. The summed E-state index contributed by atoms with van der Waals surface area (Å²) in [5.74, 6) is 0.115. The zero-order valence-corrected chi connectivity index (χ0v) is 7.21. The van der Waals surface area contributed by atoms with Crippen LogP contribution in [0.1, 0.15) is 10.6 Å². The number of hydrogen-bond donors (Lipinski definition) is 0. The van der Waals surface area contributed by atoms with E-state index in [1.165, 1.54) is 6.26 Å². The van der Waals surface area contributed by atoms with E-state index in [0.29, 0.717) is 5.75 Å². The highest BCUT2D eigenvalue weighted by Crippen LogP contribution is 2.10. The molecule has 0 fully saturated rings. The molecule has 0 saturated heterocycles. The van der Waals surface area contributed by atoms with Crippen molar-refractivity contribution < 1.29 is 13.9 Å². The fraction of sp³-hybridized carbons (Fsp3) is 0. The first-order valence-electron chi connectivity index (χ1n) is 4.02. The van der Waals surface area contributed by atoms with E-state index in [9.17, 15) is 4.79 Å². The Morgan fingerprint density at radius 3 is 2.71 bits per heavy atom. The van der Waals surface area contributed by atoms with Crippen LogP contribution in [0.3, 0.4) is 0 Å². The first-order valence-corrected chi connectivity index (χ1v) is 4.02. The predicted molar refractivity (Wildman–Crippen MR) is 47.9 cm³/mol. The molecule has 2 heterocycles. The molecule has 0 aliphatic carbocycles. The Morgan fingerprint density at radius 1 is 1.29 bits per heavy atom. The van der Waals surface area contributed by atoms with Gasteiger partial charge in [-0.3, -0.25) is 4.98 Å². The predicted octanol–water partition coefficient (Wildman–Crippen LogP) is 1.89. The minimum Gasteiger partial charge on any atom is -0.457 e. The standard InChI is InChI=1S/C10H7NO3/c12-10(9-2-1-7-13-9)14-8-3-5-11-6-4-8/h1-7H. The smallest absolute Gasteiger partial charge is 0.379 e. The number of esters is 1. The average Bonchev–Trinajstić information content (AvgIpc) is 2.72. The highest BCUT2D eigenvalue weighted by Gasteiger charge is 2.10. The number of hydrogen-bond acceptors (Lipinski definition) is 4. The lowest BCUT2D eigenvalue weighted by atomic mass is 10.4. The molecular formula is C10H7NO3. The summed E-state index contributed by atoms with van der Waals surface area (Å²) in [6, 6.07) is 6.37. The zero-order chi connectivity index (χ0) is 9.80. The maximum absolute atomic E-state index is 11.3. The van der Waals surface area contributed by atoms with Crippen LogP contribution in [0.4, 0.5) is 0 Å². The van der Waals surface area contributed by atoms with Crippen LogP contribution in [-0.4, -0.2) is 11.0 Å². The van der Waals surface area contributed by atoms with Gasteiger partial charge >= 0.3 is 5.97 Å². The first kappa shape index (κ1) is 8.50. The number of carbonyl (C=O) groups excluding carboxylic acids is 1. The summed E-state index contributed by atoms with van der Waals surface area (Å²) in [5.41, 5.74) is 0. The van der Waals surface area contributed by atoms with Crippen molar-refractivity contribution in [1.82, 2.24) is 4.98 Å². The minimum absolute atomic E-state index is 0.182. The molecule has 0 spiro atoms. The SMILES string of the molecule is O=C(Oc1ccncc1)c1ccco1. The van der Waals surface area contributed by atoms with Crippen LogP contribution < -0.4 is 4.74 Å². The van der Waals surface area contributed by atoms with Gasteiger partial charge in [0.1, 0.15) is 5.75 Å². The molecule has 0 atom stereocenters. The maximum atomic E-state index is 11.3. The van der Waals surface area contributed by atoms with Crippen molar-refractivity contribution in [2.45, 2.75) is 0 Å². The summed E-state index contributed by atoms with van der Waals surface area (Å²) in [4.78, 5) is 15.1. The molecule has 0 N–H and O–H groups in total. The van der Waals surface area contributed by atoms with E-state index < -0.39 is 5.97 Å². The van der Waals surface area contributed by atoms with Crippen LogP contribution in [0.5, 0.6) is 5.75 Å². The van der Waals surface area contributed by atoms with Gasteiger partial charge in [0.05, 0.1) is 6.26 Å². The molecule has 0 unspecified atom stereocenters. The molecule has 0 bridgehead atoms. The van der Waals surface area contributed by atoms with Crippen LogP contribution in [0.15, 0.2) is 47.3 Å². The number of pyridine rings is 1. The third-order valence-corrected chi connectivity index (χ3v) is 1.58. The second-order valence-electron chi connectivity index (χ2n) is 2.55. The fourth-order valence-electron chi connectivity index (χ4n) is 0.958. The molecule has 0 saturated carbocycles. The monoisotopic (exact) mass is 189 g/mol. The molecule has 70 valence electrons. The van der Waals surface area contributed by atoms with E-state index in [-0.39, 0.29) is 5.76 Å². The number of ether oxygens (including phenoxy) is 1. The van der Waals surface area contributed by atoms with Gasteiger partial charge in [0.25, 0.3) is 0 Å². The average molecular weight is 189 g/mol. The molecular weight excluding hydrogens is 182 g/mol. The molecule has 4 heteroatoms. The third-order valence-electron chi connectivity index (χ3n) is 1.58. The van der Waals surface area contributed by atoms with E-state index in [1.54, 1.807) is 36.7 Å². The molecule has 2 aromatic rings. The Hall–Kier alpha value is -2.10. The van der Waals surface area contributed by atoms with Crippen LogP contribution >= 0.6 is 0 Å². The Morgan fingerprint density at radius 2 is 2.07 bits per heavy atom. The molecule has 0 aliphatic rings. The lowest BCUT2D eigenvalue weighted by molar-refractivity contribution is 0.0701. The summed E-state index contributed by atoms with van der Waals surface area (Å²) < 4.78 is 9.86. The van der Waals surface area contributed by atoms with Crippen molar-refractivity contribution in [3.8, 4) is 5.75 Å². The Labute approximate surface area is 80.1 Å². The fourth-order valence-corrected chi connectivity index (χ4v) is 0.958. The summed E-state index contributed by atoms with van der Waals surface area (Å²) in [7, 11) is 0. The summed E-state index contributed by atoms with van der Waals surface area (Å²) in [6.07, 6.45) is 4.51. The van der Waals surface area contributed by atoms with Gasteiger partial charge in [-0.05, 0) is 24.3 Å². The summed E-state index contributed by atoms with van der Waals surface area (Å²) in [6.45, 7) is 0. The molecule has 2 rings (SSSR count). The minimum atomic E-state index is -0.513. The van der Waals surface area contributed by atoms with Crippen LogP contribution in [0.25, 0.3) is 0 Å². The van der Waals surface area contributed by atoms with E-state index in [4.69, 9.17) is 9.15 Å². The number of furan rings is 1. The Bertz CT molecular complexity index is 408. The van der Waals surface area contributed by atoms with E-state index >= 15 is 0 Å². The number of rotatable bonds is 2. The molecule has 0 amide bonds. The van der Waals surface area contributed by atoms with Gasteiger partial charge in [-0.1, -0.05) is 0 Å². The molecule has 4 nitrogen and oxygen atoms in total. The molecule has 0 aromatic carbocycles. The number of nitrogens with zero attached hydrogens (tertiary/aromatic N) is 1. The Kier molecular flexibility index (Phi) is 2.27. The topological polar surface area (TPSA) is 52.3 Å². The summed E-state index contributed by atoms with van der Waals surface area (Å²) >= 11 is 0. The number of carbonyl (C=O) groups is 1. The highest BCUT2D eigenvalue weighted by atomic mass is 16.5. The molecule has 2 aromatic heterocycles.